The number of hydrogen-bond acceptors (Lipinski definition) is 3. The third-order valence-corrected chi connectivity index (χ3v) is 4.47. The Morgan fingerprint density at radius 3 is 2.38 bits per heavy atom. The molecule has 2 fully saturated rings. The average molecular weight is 287 g/mol. The van der Waals surface area contributed by atoms with E-state index in [0.29, 0.717) is 0 Å². The first-order valence-electron chi connectivity index (χ1n) is 8.19. The SMILES string of the molecule is O=C(c1cccc(N2CCNCC2)c1)N1CCCCCC1. The first-order valence-corrected chi connectivity index (χ1v) is 8.19. The lowest BCUT2D eigenvalue weighted by molar-refractivity contribution is 0.0761. The highest BCUT2D eigenvalue weighted by atomic mass is 16.2. The number of piperazine rings is 1. The smallest absolute Gasteiger partial charge is 0.253 e. The Kier molecular flexibility index (Phi) is 4.76. The second kappa shape index (κ2) is 6.94. The van der Waals surface area contributed by atoms with Crippen LogP contribution in [0, 0.1) is 0 Å². The molecule has 0 spiro atoms. The Labute approximate surface area is 127 Å². The van der Waals surface area contributed by atoms with E-state index in [1.807, 2.05) is 17.0 Å². The van der Waals surface area contributed by atoms with Crippen LogP contribution in [-0.2, 0) is 0 Å². The van der Waals surface area contributed by atoms with Crippen molar-refractivity contribution in [3.63, 3.8) is 0 Å². The molecule has 2 heterocycles. The van der Waals surface area contributed by atoms with Crippen LogP contribution in [0.2, 0.25) is 0 Å². The monoisotopic (exact) mass is 287 g/mol. The van der Waals surface area contributed by atoms with Gasteiger partial charge < -0.3 is 15.1 Å². The van der Waals surface area contributed by atoms with Crippen LogP contribution in [-0.4, -0.2) is 50.1 Å². The van der Waals surface area contributed by atoms with Crippen molar-refractivity contribution in [2.24, 2.45) is 0 Å². The summed E-state index contributed by atoms with van der Waals surface area (Å²) in [5, 5.41) is 3.36. The summed E-state index contributed by atoms with van der Waals surface area (Å²) in [7, 11) is 0. The number of nitrogens with zero attached hydrogens (tertiary/aromatic N) is 2. The molecule has 2 aliphatic rings. The fourth-order valence-electron chi connectivity index (χ4n) is 3.22. The molecule has 0 aromatic heterocycles. The van der Waals surface area contributed by atoms with Crippen molar-refractivity contribution in [2.75, 3.05) is 44.2 Å². The molecule has 0 radical (unpaired) electrons. The van der Waals surface area contributed by atoms with E-state index < -0.39 is 0 Å². The zero-order valence-electron chi connectivity index (χ0n) is 12.7. The van der Waals surface area contributed by atoms with E-state index in [1.165, 1.54) is 18.5 Å². The summed E-state index contributed by atoms with van der Waals surface area (Å²) in [6, 6.07) is 8.16. The minimum Gasteiger partial charge on any atom is -0.369 e. The maximum Gasteiger partial charge on any atom is 0.253 e. The highest BCUT2D eigenvalue weighted by molar-refractivity contribution is 5.95. The fourth-order valence-corrected chi connectivity index (χ4v) is 3.22. The van der Waals surface area contributed by atoms with Crippen LogP contribution in [0.5, 0.6) is 0 Å². The Morgan fingerprint density at radius 1 is 0.952 bits per heavy atom. The van der Waals surface area contributed by atoms with Crippen LogP contribution in [0.4, 0.5) is 5.69 Å². The van der Waals surface area contributed by atoms with Gasteiger partial charge >= 0.3 is 0 Å². The lowest BCUT2D eigenvalue weighted by Crippen LogP contribution is -2.43. The number of rotatable bonds is 2. The van der Waals surface area contributed by atoms with E-state index in [2.05, 4.69) is 22.3 Å². The summed E-state index contributed by atoms with van der Waals surface area (Å²) in [5.41, 5.74) is 2.02. The fraction of sp³-hybridized carbons (Fsp3) is 0.588. The van der Waals surface area contributed by atoms with Crippen LogP contribution in [0.3, 0.4) is 0 Å². The van der Waals surface area contributed by atoms with Crippen molar-refractivity contribution in [3.05, 3.63) is 29.8 Å². The Bertz CT molecular complexity index is 475. The molecule has 1 aromatic rings. The number of anilines is 1. The van der Waals surface area contributed by atoms with Crippen molar-refractivity contribution in [1.29, 1.82) is 0 Å². The first kappa shape index (κ1) is 14.4. The molecule has 21 heavy (non-hydrogen) atoms. The largest absolute Gasteiger partial charge is 0.369 e. The highest BCUT2D eigenvalue weighted by Crippen LogP contribution is 2.19. The Hall–Kier alpha value is -1.55. The summed E-state index contributed by atoms with van der Waals surface area (Å²) >= 11 is 0. The molecule has 114 valence electrons. The van der Waals surface area contributed by atoms with E-state index in [-0.39, 0.29) is 5.91 Å². The summed E-state index contributed by atoms with van der Waals surface area (Å²) in [4.78, 5) is 17.1. The number of amides is 1. The van der Waals surface area contributed by atoms with Gasteiger partial charge in [0.15, 0.2) is 0 Å². The van der Waals surface area contributed by atoms with Crippen molar-refractivity contribution in [2.45, 2.75) is 25.7 Å². The molecule has 0 saturated carbocycles. The minimum absolute atomic E-state index is 0.203. The molecule has 1 amide bonds. The maximum absolute atomic E-state index is 12.7. The molecule has 2 saturated heterocycles. The van der Waals surface area contributed by atoms with E-state index >= 15 is 0 Å². The normalized spacial score (nSPS) is 20.2. The van der Waals surface area contributed by atoms with Crippen LogP contribution >= 0.6 is 0 Å². The van der Waals surface area contributed by atoms with Gasteiger partial charge in [0.25, 0.3) is 5.91 Å². The molecule has 1 aromatic carbocycles. The standard InChI is InChI=1S/C17H25N3O/c21-17(20-10-3-1-2-4-11-20)15-6-5-7-16(14-15)19-12-8-18-9-13-19/h5-7,14,18H,1-4,8-13H2. The van der Waals surface area contributed by atoms with Gasteiger partial charge in [0.05, 0.1) is 0 Å². The summed E-state index contributed by atoms with van der Waals surface area (Å²) in [5.74, 6) is 0.203. The van der Waals surface area contributed by atoms with Gasteiger partial charge in [-0.3, -0.25) is 4.79 Å². The molecule has 0 aliphatic carbocycles. The first-order chi connectivity index (χ1) is 10.3. The number of carbonyl (C=O) groups is 1. The van der Waals surface area contributed by atoms with E-state index in [9.17, 15) is 4.79 Å². The summed E-state index contributed by atoms with van der Waals surface area (Å²) in [6.45, 7) is 5.89. The van der Waals surface area contributed by atoms with Crippen molar-refractivity contribution in [1.82, 2.24) is 10.2 Å². The second-order valence-electron chi connectivity index (χ2n) is 5.99. The van der Waals surface area contributed by atoms with Crippen LogP contribution in [0.15, 0.2) is 24.3 Å². The van der Waals surface area contributed by atoms with Gasteiger partial charge in [0.1, 0.15) is 0 Å². The van der Waals surface area contributed by atoms with Gasteiger partial charge in [0.2, 0.25) is 0 Å². The molecule has 0 bridgehead atoms. The predicted octanol–water partition coefficient (Wildman–Crippen LogP) is 2.11. The number of hydrogen-bond donors (Lipinski definition) is 1. The molecule has 0 unspecified atom stereocenters. The highest BCUT2D eigenvalue weighted by Gasteiger charge is 2.18. The van der Waals surface area contributed by atoms with Crippen LogP contribution in [0.25, 0.3) is 0 Å². The second-order valence-corrected chi connectivity index (χ2v) is 5.99. The quantitative estimate of drug-likeness (QED) is 0.905. The summed E-state index contributed by atoms with van der Waals surface area (Å²) < 4.78 is 0. The molecular weight excluding hydrogens is 262 g/mol. The third-order valence-electron chi connectivity index (χ3n) is 4.47. The summed E-state index contributed by atoms with van der Waals surface area (Å²) in [6.07, 6.45) is 4.79. The number of likely N-dealkylation sites (tertiary alicyclic amines) is 1. The number of carbonyl (C=O) groups excluding carboxylic acids is 1. The van der Waals surface area contributed by atoms with E-state index in [0.717, 1.165) is 57.7 Å². The van der Waals surface area contributed by atoms with Gasteiger partial charge in [-0.1, -0.05) is 18.9 Å². The maximum atomic E-state index is 12.7. The minimum atomic E-state index is 0.203. The molecule has 0 atom stereocenters. The van der Waals surface area contributed by atoms with Gasteiger partial charge in [-0.25, -0.2) is 0 Å². The molecule has 4 heteroatoms. The van der Waals surface area contributed by atoms with Crippen molar-refractivity contribution < 1.29 is 4.79 Å². The topological polar surface area (TPSA) is 35.6 Å². The van der Waals surface area contributed by atoms with Crippen molar-refractivity contribution >= 4 is 11.6 Å². The lowest BCUT2D eigenvalue weighted by atomic mass is 10.1. The van der Waals surface area contributed by atoms with Gasteiger partial charge in [-0.15, -0.1) is 0 Å². The van der Waals surface area contributed by atoms with E-state index in [4.69, 9.17) is 0 Å². The molecule has 2 aliphatic heterocycles. The molecule has 1 N–H and O–H groups in total. The number of nitrogens with one attached hydrogen (secondary N) is 1. The Morgan fingerprint density at radius 2 is 1.67 bits per heavy atom. The van der Waals surface area contributed by atoms with Crippen molar-refractivity contribution in [3.8, 4) is 0 Å². The molecule has 3 rings (SSSR count). The van der Waals surface area contributed by atoms with Gasteiger partial charge in [-0.05, 0) is 31.0 Å². The van der Waals surface area contributed by atoms with E-state index in [1.54, 1.807) is 0 Å². The lowest BCUT2D eigenvalue weighted by Gasteiger charge is -2.30. The average Bonchev–Trinajstić information content (AvgIpc) is 2.84. The third kappa shape index (κ3) is 3.56. The van der Waals surface area contributed by atoms with Crippen LogP contribution in [0.1, 0.15) is 36.0 Å². The molecule has 4 nitrogen and oxygen atoms in total. The van der Waals surface area contributed by atoms with Gasteiger partial charge in [0, 0.05) is 50.5 Å². The van der Waals surface area contributed by atoms with Gasteiger partial charge in [-0.2, -0.15) is 0 Å². The Balaban J connectivity index is 1.73. The molecular formula is C17H25N3O. The zero-order valence-corrected chi connectivity index (χ0v) is 12.7. The number of benzene rings is 1. The van der Waals surface area contributed by atoms with Crippen LogP contribution < -0.4 is 10.2 Å². The zero-order chi connectivity index (χ0) is 14.5. The predicted molar refractivity (Wildman–Crippen MR) is 85.9 cm³/mol.